The van der Waals surface area contributed by atoms with Crippen molar-refractivity contribution in [3.05, 3.63) is 101 Å². The van der Waals surface area contributed by atoms with E-state index in [4.69, 9.17) is 4.74 Å². The van der Waals surface area contributed by atoms with Gasteiger partial charge in [0.05, 0.1) is 0 Å². The van der Waals surface area contributed by atoms with Crippen LogP contribution in [0.3, 0.4) is 0 Å². The molecule has 6 heteroatoms. The summed E-state index contributed by atoms with van der Waals surface area (Å²) in [7, 11) is 0. The van der Waals surface area contributed by atoms with Crippen molar-refractivity contribution in [1.82, 2.24) is 9.80 Å². The minimum atomic E-state index is -0.392. The van der Waals surface area contributed by atoms with Crippen LogP contribution in [0.1, 0.15) is 53.6 Å². The van der Waals surface area contributed by atoms with E-state index in [-0.39, 0.29) is 17.1 Å². The van der Waals surface area contributed by atoms with E-state index in [1.807, 2.05) is 29.2 Å². The summed E-state index contributed by atoms with van der Waals surface area (Å²) in [5.74, 6) is 0.254. The predicted molar refractivity (Wildman–Crippen MR) is 145 cm³/mol. The fraction of sp³-hybridized carbons (Fsp3) is 0.406. The molecule has 1 fully saturated rings. The van der Waals surface area contributed by atoms with Gasteiger partial charge in [-0.2, -0.15) is 0 Å². The first-order chi connectivity index (χ1) is 18.5. The van der Waals surface area contributed by atoms with Crippen LogP contribution >= 0.6 is 0 Å². The van der Waals surface area contributed by atoms with E-state index < -0.39 is 5.82 Å². The Balaban J connectivity index is 1.34. The fourth-order valence-corrected chi connectivity index (χ4v) is 5.98. The summed E-state index contributed by atoms with van der Waals surface area (Å²) in [6.45, 7) is 3.85. The molecule has 3 aromatic rings. The Morgan fingerprint density at radius 3 is 2.47 bits per heavy atom. The molecule has 0 unspecified atom stereocenters. The third kappa shape index (κ3) is 6.41. The lowest BCUT2D eigenvalue weighted by Crippen LogP contribution is -2.48. The Kier molecular flexibility index (Phi) is 8.38. The van der Waals surface area contributed by atoms with Gasteiger partial charge in [-0.25, -0.2) is 8.78 Å². The Morgan fingerprint density at radius 2 is 1.66 bits per heavy atom. The molecule has 1 spiro atoms. The number of rotatable bonds is 3. The zero-order valence-electron chi connectivity index (χ0n) is 21.9. The monoisotopic (exact) mass is 518 g/mol. The molecule has 1 amide bonds. The maximum absolute atomic E-state index is 14.6. The van der Waals surface area contributed by atoms with Crippen LogP contribution in [0.2, 0.25) is 0 Å². The van der Waals surface area contributed by atoms with Gasteiger partial charge in [0.2, 0.25) is 0 Å². The van der Waals surface area contributed by atoms with Crippen molar-refractivity contribution in [2.75, 3.05) is 32.8 Å². The van der Waals surface area contributed by atoms with E-state index in [0.717, 1.165) is 50.8 Å². The molecule has 0 aliphatic carbocycles. The number of halogens is 2. The number of para-hydroxylation sites is 1. The van der Waals surface area contributed by atoms with Gasteiger partial charge in [-0.1, -0.05) is 48.9 Å². The van der Waals surface area contributed by atoms with E-state index in [0.29, 0.717) is 43.9 Å². The average molecular weight is 519 g/mol. The maximum Gasteiger partial charge on any atom is 0.253 e. The van der Waals surface area contributed by atoms with Gasteiger partial charge in [-0.15, -0.1) is 0 Å². The Morgan fingerprint density at radius 1 is 0.868 bits per heavy atom. The van der Waals surface area contributed by atoms with Gasteiger partial charge in [-0.05, 0) is 73.4 Å². The van der Waals surface area contributed by atoms with Crippen LogP contribution in [0.25, 0.3) is 0 Å². The minimum absolute atomic E-state index is 0.0304. The first-order valence-corrected chi connectivity index (χ1v) is 13.7. The predicted octanol–water partition coefficient (Wildman–Crippen LogP) is 6.49. The van der Waals surface area contributed by atoms with E-state index >= 15 is 0 Å². The number of benzene rings is 3. The number of hydrogen-bond acceptors (Lipinski definition) is 3. The lowest BCUT2D eigenvalue weighted by atomic mass is 9.73. The highest BCUT2D eigenvalue weighted by molar-refractivity contribution is 5.94. The number of nitrogens with zero attached hydrogens (tertiary/aromatic N) is 2. The largest absolute Gasteiger partial charge is 0.492 e. The molecule has 1 saturated heterocycles. The molecule has 0 saturated carbocycles. The Hall–Kier alpha value is -3.25. The van der Waals surface area contributed by atoms with Crippen LogP contribution in [0.5, 0.6) is 5.75 Å². The number of carbonyl (C=O) groups excluding carboxylic acids is 1. The Labute approximate surface area is 224 Å². The molecule has 2 aliphatic heterocycles. The van der Waals surface area contributed by atoms with Gasteiger partial charge in [-0.3, -0.25) is 9.69 Å². The van der Waals surface area contributed by atoms with Crippen molar-refractivity contribution in [1.29, 1.82) is 0 Å². The van der Waals surface area contributed by atoms with E-state index in [9.17, 15) is 13.6 Å². The average Bonchev–Trinajstić information content (AvgIpc) is 2.92. The van der Waals surface area contributed by atoms with Gasteiger partial charge in [0.15, 0.2) is 0 Å². The third-order valence-electron chi connectivity index (χ3n) is 8.13. The summed E-state index contributed by atoms with van der Waals surface area (Å²) in [6.07, 6.45) is 5.95. The molecule has 0 radical (unpaired) electrons. The zero-order valence-corrected chi connectivity index (χ0v) is 21.9. The number of likely N-dealkylation sites (tertiary alicyclic amines) is 1. The van der Waals surface area contributed by atoms with Crippen LogP contribution in [0.4, 0.5) is 8.78 Å². The summed E-state index contributed by atoms with van der Waals surface area (Å²) in [6, 6.07) is 21.2. The number of fused-ring (bicyclic) bond motifs is 1. The molecule has 0 N–H and O–H groups in total. The van der Waals surface area contributed by atoms with Gasteiger partial charge in [0.25, 0.3) is 5.91 Å². The highest BCUT2D eigenvalue weighted by atomic mass is 19.1. The summed E-state index contributed by atoms with van der Waals surface area (Å²) in [5, 5.41) is 0. The number of piperidine rings is 1. The second-order valence-corrected chi connectivity index (χ2v) is 10.8. The second-order valence-electron chi connectivity index (χ2n) is 10.8. The van der Waals surface area contributed by atoms with Crippen molar-refractivity contribution in [3.63, 3.8) is 0 Å². The number of hydrogen-bond donors (Lipinski definition) is 0. The van der Waals surface area contributed by atoms with E-state index in [1.165, 1.54) is 23.8 Å². The first kappa shape index (κ1) is 26.4. The summed E-state index contributed by atoms with van der Waals surface area (Å²) < 4.78 is 34.6. The first-order valence-electron chi connectivity index (χ1n) is 13.7. The van der Waals surface area contributed by atoms with Gasteiger partial charge in [0, 0.05) is 43.9 Å². The topological polar surface area (TPSA) is 32.8 Å². The molecule has 0 aromatic heterocycles. The molecular weight excluding hydrogens is 482 g/mol. The van der Waals surface area contributed by atoms with Crippen molar-refractivity contribution < 1.29 is 18.3 Å². The van der Waals surface area contributed by atoms with Gasteiger partial charge < -0.3 is 9.64 Å². The van der Waals surface area contributed by atoms with Crippen LogP contribution < -0.4 is 4.74 Å². The molecule has 0 bridgehead atoms. The molecule has 2 heterocycles. The van der Waals surface area contributed by atoms with Gasteiger partial charge in [0.1, 0.15) is 24.0 Å². The lowest BCUT2D eigenvalue weighted by Gasteiger charge is -2.45. The van der Waals surface area contributed by atoms with E-state index in [2.05, 4.69) is 17.0 Å². The highest BCUT2D eigenvalue weighted by Crippen LogP contribution is 2.39. The summed E-state index contributed by atoms with van der Waals surface area (Å²) in [5.41, 5.74) is 2.35. The quantitative estimate of drug-likeness (QED) is 0.397. The molecule has 3 aromatic carbocycles. The summed E-state index contributed by atoms with van der Waals surface area (Å²) in [4.78, 5) is 17.3. The van der Waals surface area contributed by atoms with E-state index in [1.54, 1.807) is 18.2 Å². The summed E-state index contributed by atoms with van der Waals surface area (Å²) >= 11 is 0. The zero-order chi connectivity index (χ0) is 26.4. The number of carbonyl (C=O) groups is 1. The number of amides is 1. The molecule has 4 nitrogen and oxygen atoms in total. The van der Waals surface area contributed by atoms with Crippen LogP contribution in [0.15, 0.2) is 72.8 Å². The van der Waals surface area contributed by atoms with Crippen molar-refractivity contribution in [2.45, 2.75) is 45.1 Å². The van der Waals surface area contributed by atoms with Crippen molar-refractivity contribution in [2.24, 2.45) is 5.41 Å². The molecule has 2 aliphatic rings. The maximum atomic E-state index is 14.6. The highest BCUT2D eigenvalue weighted by Gasteiger charge is 2.37. The third-order valence-corrected chi connectivity index (χ3v) is 8.13. The van der Waals surface area contributed by atoms with Gasteiger partial charge >= 0.3 is 0 Å². The number of aryl methyl sites for hydroxylation is 1. The minimum Gasteiger partial charge on any atom is -0.492 e. The van der Waals surface area contributed by atoms with Crippen LogP contribution in [0, 0.1) is 17.0 Å². The molecular formula is C32H36F2N2O2. The molecule has 38 heavy (non-hydrogen) atoms. The van der Waals surface area contributed by atoms with Crippen molar-refractivity contribution >= 4 is 5.91 Å². The second kappa shape index (κ2) is 12.1. The molecule has 200 valence electrons. The standard InChI is InChI=1S/C32H36F2N2O2/c33-28-12-7-11-26(22-28)31(37)36-18-16-32(17-19-36)15-6-5-9-25-8-2-4-14-30(25)38-21-20-35(24-32)23-27-10-1-3-13-29(27)34/h1-4,7-8,10-14,22H,5-6,9,15-21,23-24H2. The number of ether oxygens (including phenoxy) is 1. The smallest absolute Gasteiger partial charge is 0.253 e. The SMILES string of the molecule is O=C(c1cccc(F)c1)N1CCC2(CCCCc3ccccc3OCCN(Cc3ccccc3F)C2)CC1. The fourth-order valence-electron chi connectivity index (χ4n) is 5.98. The lowest BCUT2D eigenvalue weighted by molar-refractivity contribution is 0.0358. The Bertz CT molecular complexity index is 1240. The molecule has 5 rings (SSSR count). The van der Waals surface area contributed by atoms with Crippen LogP contribution in [-0.4, -0.2) is 48.5 Å². The normalized spacial score (nSPS) is 18.6. The molecule has 0 atom stereocenters. The van der Waals surface area contributed by atoms with Crippen molar-refractivity contribution in [3.8, 4) is 5.75 Å². The van der Waals surface area contributed by atoms with Crippen LogP contribution in [-0.2, 0) is 13.0 Å².